The van der Waals surface area contributed by atoms with Crippen molar-refractivity contribution in [2.24, 2.45) is 0 Å². The van der Waals surface area contributed by atoms with Crippen molar-refractivity contribution in [1.29, 1.82) is 0 Å². The summed E-state index contributed by atoms with van der Waals surface area (Å²) >= 11 is 0. The number of aliphatic hydroxyl groups excluding tert-OH is 1. The first-order valence-electron chi connectivity index (χ1n) is 6.45. The highest BCUT2D eigenvalue weighted by atomic mass is 19.4. The summed E-state index contributed by atoms with van der Waals surface area (Å²) in [5.41, 5.74) is -0.818. The standard InChI is InChI=1S/C14H17F3N2O3/c1-9(20)19(2)8-13(22)18-7-12(21)10-4-3-5-11(6-10)14(15,16)17/h3-6,12,21H,7-8H2,1-2H3,(H,18,22). The molecule has 0 spiro atoms. The SMILES string of the molecule is CC(=O)N(C)CC(=O)NCC(O)c1cccc(C(F)(F)F)c1. The molecule has 0 fully saturated rings. The van der Waals surface area contributed by atoms with Crippen LogP contribution in [0.1, 0.15) is 24.2 Å². The number of rotatable bonds is 5. The minimum Gasteiger partial charge on any atom is -0.387 e. The maximum atomic E-state index is 12.6. The second-order valence-electron chi connectivity index (χ2n) is 4.82. The number of hydrogen-bond donors (Lipinski definition) is 2. The maximum Gasteiger partial charge on any atom is 0.416 e. The van der Waals surface area contributed by atoms with E-state index in [4.69, 9.17) is 0 Å². The molecule has 0 aromatic heterocycles. The van der Waals surface area contributed by atoms with Crippen LogP contribution in [0.4, 0.5) is 13.2 Å². The van der Waals surface area contributed by atoms with E-state index in [1.807, 2.05) is 0 Å². The number of likely N-dealkylation sites (N-methyl/N-ethyl adjacent to an activating group) is 1. The van der Waals surface area contributed by atoms with Crippen molar-refractivity contribution in [1.82, 2.24) is 10.2 Å². The van der Waals surface area contributed by atoms with Gasteiger partial charge in [0.15, 0.2) is 0 Å². The third-order valence-electron chi connectivity index (χ3n) is 3.01. The minimum absolute atomic E-state index is 0.0510. The first-order valence-corrected chi connectivity index (χ1v) is 6.45. The second kappa shape index (κ2) is 7.26. The molecular weight excluding hydrogens is 301 g/mol. The fraction of sp³-hybridized carbons (Fsp3) is 0.429. The van der Waals surface area contributed by atoms with Gasteiger partial charge in [0.2, 0.25) is 11.8 Å². The molecule has 0 radical (unpaired) electrons. The van der Waals surface area contributed by atoms with Gasteiger partial charge in [-0.3, -0.25) is 9.59 Å². The van der Waals surface area contributed by atoms with Crippen LogP contribution in [-0.2, 0) is 15.8 Å². The normalized spacial score (nSPS) is 12.6. The predicted molar refractivity (Wildman–Crippen MR) is 72.7 cm³/mol. The van der Waals surface area contributed by atoms with Gasteiger partial charge in [-0.25, -0.2) is 0 Å². The lowest BCUT2D eigenvalue weighted by molar-refractivity contribution is -0.137. The number of hydrogen-bond acceptors (Lipinski definition) is 3. The number of halogens is 3. The van der Waals surface area contributed by atoms with Crippen LogP contribution in [0, 0.1) is 0 Å². The number of nitrogens with zero attached hydrogens (tertiary/aromatic N) is 1. The lowest BCUT2D eigenvalue weighted by Crippen LogP contribution is -2.38. The van der Waals surface area contributed by atoms with Crippen LogP contribution in [0.3, 0.4) is 0 Å². The fourth-order valence-corrected chi connectivity index (χ4v) is 1.63. The average molecular weight is 318 g/mol. The number of carbonyl (C=O) groups is 2. The second-order valence-corrected chi connectivity index (χ2v) is 4.82. The Morgan fingerprint density at radius 2 is 2.00 bits per heavy atom. The molecule has 8 heteroatoms. The van der Waals surface area contributed by atoms with E-state index in [0.29, 0.717) is 0 Å². The molecule has 1 aromatic carbocycles. The van der Waals surface area contributed by atoms with Crippen LogP contribution in [-0.4, -0.2) is 42.0 Å². The Morgan fingerprint density at radius 1 is 1.36 bits per heavy atom. The first-order chi connectivity index (χ1) is 10.1. The summed E-state index contributed by atoms with van der Waals surface area (Å²) in [5.74, 6) is -0.808. The molecule has 1 rings (SSSR count). The molecule has 2 N–H and O–H groups in total. The van der Waals surface area contributed by atoms with Crippen LogP contribution >= 0.6 is 0 Å². The minimum atomic E-state index is -4.50. The van der Waals surface area contributed by atoms with Crippen molar-refractivity contribution >= 4 is 11.8 Å². The highest BCUT2D eigenvalue weighted by Crippen LogP contribution is 2.30. The van der Waals surface area contributed by atoms with Gasteiger partial charge in [-0.2, -0.15) is 13.2 Å². The molecule has 0 saturated carbocycles. The topological polar surface area (TPSA) is 69.6 Å². The summed E-state index contributed by atoms with van der Waals surface area (Å²) in [4.78, 5) is 23.7. The lowest BCUT2D eigenvalue weighted by atomic mass is 10.1. The Morgan fingerprint density at radius 3 is 2.55 bits per heavy atom. The van der Waals surface area contributed by atoms with Gasteiger partial charge in [0.05, 0.1) is 18.2 Å². The monoisotopic (exact) mass is 318 g/mol. The largest absolute Gasteiger partial charge is 0.416 e. The van der Waals surface area contributed by atoms with Crippen molar-refractivity contribution in [3.8, 4) is 0 Å². The van der Waals surface area contributed by atoms with E-state index in [-0.39, 0.29) is 24.6 Å². The summed E-state index contributed by atoms with van der Waals surface area (Å²) in [6, 6.07) is 4.26. The molecule has 1 aromatic rings. The molecule has 1 atom stereocenters. The summed E-state index contributed by atoms with van der Waals surface area (Å²) in [5, 5.41) is 12.2. The molecule has 0 saturated heterocycles. The molecule has 0 aliphatic rings. The van der Waals surface area contributed by atoms with E-state index < -0.39 is 23.8 Å². The van der Waals surface area contributed by atoms with Gasteiger partial charge in [-0.05, 0) is 17.7 Å². The summed E-state index contributed by atoms with van der Waals surface area (Å²) in [6.07, 6.45) is -5.77. The van der Waals surface area contributed by atoms with Gasteiger partial charge in [0, 0.05) is 20.5 Å². The quantitative estimate of drug-likeness (QED) is 0.860. The molecule has 0 aliphatic carbocycles. The van der Waals surface area contributed by atoms with Crippen LogP contribution in [0.25, 0.3) is 0 Å². The molecule has 0 heterocycles. The van der Waals surface area contributed by atoms with E-state index in [1.165, 1.54) is 31.0 Å². The number of benzene rings is 1. The zero-order valence-corrected chi connectivity index (χ0v) is 12.1. The maximum absolute atomic E-state index is 12.6. The van der Waals surface area contributed by atoms with Gasteiger partial charge in [0.1, 0.15) is 0 Å². The summed E-state index contributed by atoms with van der Waals surface area (Å²) < 4.78 is 37.7. The third kappa shape index (κ3) is 5.36. The number of aliphatic hydroxyl groups is 1. The van der Waals surface area contributed by atoms with Crippen molar-refractivity contribution in [2.45, 2.75) is 19.2 Å². The molecule has 0 bridgehead atoms. The van der Waals surface area contributed by atoms with E-state index in [2.05, 4.69) is 5.32 Å². The van der Waals surface area contributed by atoms with Crippen LogP contribution < -0.4 is 5.32 Å². The Hall–Kier alpha value is -2.09. The van der Waals surface area contributed by atoms with Crippen molar-refractivity contribution in [3.05, 3.63) is 35.4 Å². The lowest BCUT2D eigenvalue weighted by Gasteiger charge is -2.17. The number of nitrogens with one attached hydrogen (secondary N) is 1. The van der Waals surface area contributed by atoms with E-state index >= 15 is 0 Å². The van der Waals surface area contributed by atoms with Crippen molar-refractivity contribution in [3.63, 3.8) is 0 Å². The van der Waals surface area contributed by atoms with E-state index in [1.54, 1.807) is 0 Å². The predicted octanol–water partition coefficient (Wildman–Crippen LogP) is 1.33. The summed E-state index contributed by atoms with van der Waals surface area (Å²) in [6.45, 7) is 0.862. The molecule has 122 valence electrons. The summed E-state index contributed by atoms with van der Waals surface area (Å²) in [7, 11) is 1.44. The smallest absolute Gasteiger partial charge is 0.387 e. The molecule has 1 unspecified atom stereocenters. The van der Waals surface area contributed by atoms with Crippen molar-refractivity contribution < 1.29 is 27.9 Å². The molecule has 0 aliphatic heterocycles. The Kier molecular flexibility index (Phi) is 5.92. The Labute approximate surface area is 125 Å². The molecule has 2 amide bonds. The van der Waals surface area contributed by atoms with Crippen molar-refractivity contribution in [2.75, 3.05) is 20.1 Å². The Balaban J connectivity index is 2.61. The molecule has 22 heavy (non-hydrogen) atoms. The highest BCUT2D eigenvalue weighted by molar-refractivity contribution is 5.83. The fourth-order valence-electron chi connectivity index (χ4n) is 1.63. The zero-order valence-electron chi connectivity index (χ0n) is 12.1. The van der Waals surface area contributed by atoms with Gasteiger partial charge >= 0.3 is 6.18 Å². The average Bonchev–Trinajstić information content (AvgIpc) is 2.43. The van der Waals surface area contributed by atoms with Gasteiger partial charge in [-0.15, -0.1) is 0 Å². The number of carbonyl (C=O) groups excluding carboxylic acids is 2. The first kappa shape index (κ1) is 18.0. The number of alkyl halides is 3. The number of amides is 2. The molecule has 5 nitrogen and oxygen atoms in total. The zero-order chi connectivity index (χ0) is 16.9. The van der Waals surface area contributed by atoms with E-state index in [9.17, 15) is 27.9 Å². The third-order valence-corrected chi connectivity index (χ3v) is 3.01. The van der Waals surface area contributed by atoms with Crippen LogP contribution in [0.5, 0.6) is 0 Å². The van der Waals surface area contributed by atoms with E-state index in [0.717, 1.165) is 12.1 Å². The molecular formula is C14H17F3N2O3. The van der Waals surface area contributed by atoms with Crippen LogP contribution in [0.15, 0.2) is 24.3 Å². The van der Waals surface area contributed by atoms with Crippen LogP contribution in [0.2, 0.25) is 0 Å². The van der Waals surface area contributed by atoms with Gasteiger partial charge < -0.3 is 15.3 Å². The Bertz CT molecular complexity index is 546. The van der Waals surface area contributed by atoms with Gasteiger partial charge in [0.25, 0.3) is 0 Å². The highest BCUT2D eigenvalue weighted by Gasteiger charge is 2.30. The van der Waals surface area contributed by atoms with Gasteiger partial charge in [-0.1, -0.05) is 12.1 Å².